The Morgan fingerprint density at radius 1 is 1.00 bits per heavy atom. The van der Waals surface area contributed by atoms with Crippen molar-refractivity contribution in [3.8, 4) is 0 Å². The van der Waals surface area contributed by atoms with Gasteiger partial charge in [0.25, 0.3) is 0 Å². The Balaban J connectivity index is 1.93. The van der Waals surface area contributed by atoms with Crippen LogP contribution in [-0.2, 0) is 0 Å². The summed E-state index contributed by atoms with van der Waals surface area (Å²) in [4.78, 5) is 9.21. The molecule has 5 nitrogen and oxygen atoms in total. The number of anilines is 3. The Bertz CT molecular complexity index is 848. The van der Waals surface area contributed by atoms with Crippen molar-refractivity contribution in [2.45, 2.75) is 20.3 Å². The lowest BCUT2D eigenvalue weighted by atomic mass is 10.1. The summed E-state index contributed by atoms with van der Waals surface area (Å²) in [7, 11) is 0. The van der Waals surface area contributed by atoms with E-state index in [-0.39, 0.29) is 6.61 Å². The van der Waals surface area contributed by atoms with E-state index in [0.29, 0.717) is 18.9 Å². The van der Waals surface area contributed by atoms with Crippen LogP contribution in [0.25, 0.3) is 10.9 Å². The number of aliphatic hydroxyl groups excluding tert-OH is 1. The number of benzene rings is 2. The fraction of sp³-hybridized carbons (Fsp3) is 0.263. The van der Waals surface area contributed by atoms with Crippen LogP contribution in [0.4, 0.5) is 17.5 Å². The van der Waals surface area contributed by atoms with Crippen LogP contribution in [0.2, 0.25) is 0 Å². The molecule has 0 spiro atoms. The molecule has 0 fully saturated rings. The molecule has 0 aliphatic heterocycles. The zero-order valence-electron chi connectivity index (χ0n) is 14.0. The summed E-state index contributed by atoms with van der Waals surface area (Å²) in [6.07, 6.45) is 0.679. The van der Waals surface area contributed by atoms with Gasteiger partial charge < -0.3 is 15.7 Å². The molecule has 0 aliphatic rings. The van der Waals surface area contributed by atoms with Crippen LogP contribution >= 0.6 is 0 Å². The van der Waals surface area contributed by atoms with Gasteiger partial charge in [0.05, 0.1) is 5.52 Å². The Morgan fingerprint density at radius 2 is 1.83 bits per heavy atom. The lowest BCUT2D eigenvalue weighted by molar-refractivity contribution is 0.292. The van der Waals surface area contributed by atoms with Gasteiger partial charge in [-0.15, -0.1) is 0 Å². The summed E-state index contributed by atoms with van der Waals surface area (Å²) in [6, 6.07) is 14.1. The molecule has 2 aromatic carbocycles. The molecule has 1 heterocycles. The zero-order chi connectivity index (χ0) is 16.9. The van der Waals surface area contributed by atoms with Gasteiger partial charge in [-0.1, -0.05) is 18.2 Å². The molecule has 124 valence electrons. The van der Waals surface area contributed by atoms with Gasteiger partial charge in [-0.05, 0) is 55.7 Å². The normalized spacial score (nSPS) is 10.8. The standard InChI is InChI=1S/C19H22N4O/c1-13-8-9-15(12-14(13)2)21-19-22-17-7-4-3-6-16(17)18(23-19)20-10-5-11-24/h3-4,6-9,12,24H,5,10-11H2,1-2H3,(H2,20,21,22,23). The molecule has 0 unspecified atom stereocenters. The third kappa shape index (κ3) is 3.63. The number of rotatable bonds is 6. The van der Waals surface area contributed by atoms with Crippen molar-refractivity contribution in [3.63, 3.8) is 0 Å². The first kappa shape index (κ1) is 16.2. The number of nitrogens with one attached hydrogen (secondary N) is 2. The van der Waals surface area contributed by atoms with Gasteiger partial charge in [0.15, 0.2) is 0 Å². The van der Waals surface area contributed by atoms with Crippen molar-refractivity contribution in [3.05, 3.63) is 53.6 Å². The monoisotopic (exact) mass is 322 g/mol. The average Bonchev–Trinajstić information content (AvgIpc) is 2.58. The van der Waals surface area contributed by atoms with Crippen molar-refractivity contribution >= 4 is 28.4 Å². The highest BCUT2D eigenvalue weighted by atomic mass is 16.3. The average molecular weight is 322 g/mol. The first-order valence-corrected chi connectivity index (χ1v) is 8.13. The van der Waals surface area contributed by atoms with Gasteiger partial charge in [0, 0.05) is 24.2 Å². The SMILES string of the molecule is Cc1ccc(Nc2nc(NCCCO)c3ccccc3n2)cc1C. The molecule has 3 N–H and O–H groups in total. The van der Waals surface area contributed by atoms with Gasteiger partial charge in [-0.25, -0.2) is 4.98 Å². The Labute approximate surface area is 141 Å². The van der Waals surface area contributed by atoms with E-state index < -0.39 is 0 Å². The molecule has 3 rings (SSSR count). The lowest BCUT2D eigenvalue weighted by Gasteiger charge is -2.12. The number of hydrogen-bond acceptors (Lipinski definition) is 5. The molecule has 0 saturated carbocycles. The van der Waals surface area contributed by atoms with E-state index in [1.165, 1.54) is 11.1 Å². The van der Waals surface area contributed by atoms with E-state index in [0.717, 1.165) is 22.4 Å². The number of aliphatic hydroxyl groups is 1. The predicted molar refractivity (Wildman–Crippen MR) is 98.9 cm³/mol. The summed E-state index contributed by atoms with van der Waals surface area (Å²) < 4.78 is 0. The number of fused-ring (bicyclic) bond motifs is 1. The summed E-state index contributed by atoms with van der Waals surface area (Å²) in [5, 5.41) is 16.5. The first-order chi connectivity index (χ1) is 11.7. The fourth-order valence-electron chi connectivity index (χ4n) is 2.50. The summed E-state index contributed by atoms with van der Waals surface area (Å²) >= 11 is 0. The summed E-state index contributed by atoms with van der Waals surface area (Å²) in [5.41, 5.74) is 4.33. The maximum Gasteiger partial charge on any atom is 0.229 e. The number of para-hydroxylation sites is 1. The van der Waals surface area contributed by atoms with Gasteiger partial charge in [-0.3, -0.25) is 0 Å². The van der Waals surface area contributed by atoms with Crippen LogP contribution < -0.4 is 10.6 Å². The quantitative estimate of drug-likeness (QED) is 0.602. The maximum absolute atomic E-state index is 8.97. The van der Waals surface area contributed by atoms with Gasteiger partial charge in [0.2, 0.25) is 5.95 Å². The van der Waals surface area contributed by atoms with Gasteiger partial charge >= 0.3 is 0 Å². The predicted octanol–water partition coefficient (Wildman–Crippen LogP) is 3.78. The van der Waals surface area contributed by atoms with Gasteiger partial charge in [-0.2, -0.15) is 4.98 Å². The third-order valence-electron chi connectivity index (χ3n) is 3.99. The smallest absolute Gasteiger partial charge is 0.229 e. The molecule has 0 radical (unpaired) electrons. The minimum absolute atomic E-state index is 0.157. The molecule has 1 aromatic heterocycles. The maximum atomic E-state index is 8.97. The van der Waals surface area contributed by atoms with Crippen LogP contribution in [0, 0.1) is 13.8 Å². The minimum Gasteiger partial charge on any atom is -0.396 e. The summed E-state index contributed by atoms with van der Waals surface area (Å²) in [6.45, 7) is 5.00. The van der Waals surface area contributed by atoms with E-state index >= 15 is 0 Å². The second-order valence-electron chi connectivity index (χ2n) is 5.84. The molecule has 0 saturated heterocycles. The van der Waals surface area contributed by atoms with E-state index in [1.807, 2.05) is 30.3 Å². The molecule has 0 bridgehead atoms. The Morgan fingerprint density at radius 3 is 2.62 bits per heavy atom. The topological polar surface area (TPSA) is 70.1 Å². The van der Waals surface area contributed by atoms with Crippen LogP contribution in [0.1, 0.15) is 17.5 Å². The largest absolute Gasteiger partial charge is 0.396 e. The van der Waals surface area contributed by atoms with E-state index in [2.05, 4.69) is 46.6 Å². The molecule has 0 amide bonds. The molecule has 0 atom stereocenters. The molecular formula is C19H22N4O. The Kier molecular flexibility index (Phi) is 4.91. The fourth-order valence-corrected chi connectivity index (χ4v) is 2.50. The second-order valence-corrected chi connectivity index (χ2v) is 5.84. The highest BCUT2D eigenvalue weighted by Crippen LogP contribution is 2.24. The van der Waals surface area contributed by atoms with Crippen LogP contribution in [0.5, 0.6) is 0 Å². The van der Waals surface area contributed by atoms with Crippen molar-refractivity contribution in [2.24, 2.45) is 0 Å². The van der Waals surface area contributed by atoms with E-state index in [4.69, 9.17) is 5.11 Å². The lowest BCUT2D eigenvalue weighted by Crippen LogP contribution is -2.08. The highest BCUT2D eigenvalue weighted by molar-refractivity contribution is 5.90. The first-order valence-electron chi connectivity index (χ1n) is 8.13. The van der Waals surface area contributed by atoms with E-state index in [9.17, 15) is 0 Å². The second kappa shape index (κ2) is 7.27. The van der Waals surface area contributed by atoms with Gasteiger partial charge in [0.1, 0.15) is 5.82 Å². The number of hydrogen-bond donors (Lipinski definition) is 3. The number of aromatic nitrogens is 2. The molecule has 5 heteroatoms. The van der Waals surface area contributed by atoms with Crippen LogP contribution in [0.15, 0.2) is 42.5 Å². The summed E-state index contributed by atoms with van der Waals surface area (Å²) in [5.74, 6) is 1.34. The zero-order valence-corrected chi connectivity index (χ0v) is 14.0. The number of aryl methyl sites for hydroxylation is 2. The van der Waals surface area contributed by atoms with Crippen molar-refractivity contribution in [1.82, 2.24) is 9.97 Å². The third-order valence-corrected chi connectivity index (χ3v) is 3.99. The minimum atomic E-state index is 0.157. The number of nitrogens with zero attached hydrogens (tertiary/aromatic N) is 2. The molecule has 24 heavy (non-hydrogen) atoms. The van der Waals surface area contributed by atoms with Crippen molar-refractivity contribution in [2.75, 3.05) is 23.8 Å². The highest BCUT2D eigenvalue weighted by Gasteiger charge is 2.08. The van der Waals surface area contributed by atoms with Crippen LogP contribution in [0.3, 0.4) is 0 Å². The van der Waals surface area contributed by atoms with Crippen LogP contribution in [-0.4, -0.2) is 28.2 Å². The molecule has 0 aliphatic carbocycles. The van der Waals surface area contributed by atoms with Crippen molar-refractivity contribution < 1.29 is 5.11 Å². The molecular weight excluding hydrogens is 300 g/mol. The van der Waals surface area contributed by atoms with E-state index in [1.54, 1.807) is 0 Å². The molecule has 3 aromatic rings. The van der Waals surface area contributed by atoms with Crippen molar-refractivity contribution in [1.29, 1.82) is 0 Å². The Hall–Kier alpha value is -2.66.